The van der Waals surface area contributed by atoms with Crippen molar-refractivity contribution in [2.24, 2.45) is 0 Å². The van der Waals surface area contributed by atoms with Crippen molar-refractivity contribution in [2.75, 3.05) is 27.2 Å². The number of ketones is 1. The molecule has 0 fully saturated rings. The fraction of sp³-hybridized carbons (Fsp3) is 0.417. The Morgan fingerprint density at radius 2 is 1.95 bits per heavy atom. The highest BCUT2D eigenvalue weighted by atomic mass is 31.2. The molecule has 7 heteroatoms. The van der Waals surface area contributed by atoms with Crippen molar-refractivity contribution in [3.8, 4) is 11.5 Å². The summed E-state index contributed by atoms with van der Waals surface area (Å²) in [5.41, 5.74) is 0.771. The van der Waals surface area contributed by atoms with Crippen molar-refractivity contribution in [1.29, 1.82) is 0 Å². The molecule has 0 amide bonds. The maximum Gasteiger partial charge on any atom is 0.337 e. The molecular weight excluding hydrogens is 271 g/mol. The lowest BCUT2D eigenvalue weighted by molar-refractivity contribution is -0.116. The molecule has 0 radical (unpaired) electrons. The molecule has 0 bridgehead atoms. The highest BCUT2D eigenvalue weighted by Gasteiger charge is 2.25. The first-order valence-corrected chi connectivity index (χ1v) is 7.40. The minimum absolute atomic E-state index is 0.146. The van der Waals surface area contributed by atoms with Gasteiger partial charge in [0, 0.05) is 20.6 Å². The summed E-state index contributed by atoms with van der Waals surface area (Å²) in [4.78, 5) is 11.8. The van der Waals surface area contributed by atoms with E-state index in [-0.39, 0.29) is 25.2 Å². The van der Waals surface area contributed by atoms with Gasteiger partial charge in [-0.2, -0.15) is 0 Å². The van der Waals surface area contributed by atoms with E-state index < -0.39 is 7.60 Å². The number of benzene rings is 1. The highest BCUT2D eigenvalue weighted by Crippen LogP contribution is 2.46. The average Bonchev–Trinajstić information content (AvgIpc) is 2.85. The second-order valence-electron chi connectivity index (χ2n) is 4.04. The number of Topliss-reactive ketones (excluding diaryl/α,β-unsaturated/α-hetero) is 1. The van der Waals surface area contributed by atoms with E-state index in [0.29, 0.717) is 11.5 Å². The molecule has 2 rings (SSSR count). The quantitative estimate of drug-likeness (QED) is 0.745. The van der Waals surface area contributed by atoms with Crippen LogP contribution in [0.1, 0.15) is 5.56 Å². The van der Waals surface area contributed by atoms with Gasteiger partial charge in [-0.15, -0.1) is 0 Å². The standard InChI is InChI=1S/C12H15O6P/c1-15-19(14,16-2)7-10(13)5-9-3-4-11-12(6-9)18-8-17-11/h3-4,6H,5,7-8H2,1-2H3. The summed E-state index contributed by atoms with van der Waals surface area (Å²) in [6.07, 6.45) is -0.0954. The van der Waals surface area contributed by atoms with Gasteiger partial charge in [0.1, 0.15) is 11.9 Å². The maximum atomic E-state index is 11.8. The summed E-state index contributed by atoms with van der Waals surface area (Å²) in [6, 6.07) is 5.26. The lowest BCUT2D eigenvalue weighted by atomic mass is 10.1. The molecule has 0 aliphatic carbocycles. The van der Waals surface area contributed by atoms with Gasteiger partial charge in [-0.25, -0.2) is 0 Å². The van der Waals surface area contributed by atoms with E-state index in [1.54, 1.807) is 18.2 Å². The summed E-state index contributed by atoms with van der Waals surface area (Å²) >= 11 is 0. The molecule has 0 saturated heterocycles. The number of carbonyl (C=O) groups is 1. The molecule has 6 nitrogen and oxygen atoms in total. The second kappa shape index (κ2) is 5.74. The van der Waals surface area contributed by atoms with Gasteiger partial charge in [-0.3, -0.25) is 9.36 Å². The number of hydrogen-bond acceptors (Lipinski definition) is 6. The smallest absolute Gasteiger partial charge is 0.337 e. The molecule has 19 heavy (non-hydrogen) atoms. The van der Waals surface area contributed by atoms with E-state index in [0.717, 1.165) is 5.56 Å². The molecule has 1 aromatic carbocycles. The number of ether oxygens (including phenoxy) is 2. The molecule has 0 spiro atoms. The number of carbonyl (C=O) groups excluding carboxylic acids is 1. The Hall–Kier alpha value is -1.36. The normalized spacial score (nSPS) is 13.6. The van der Waals surface area contributed by atoms with Gasteiger partial charge < -0.3 is 18.5 Å². The molecule has 0 aromatic heterocycles. The predicted octanol–water partition coefficient (Wildman–Crippen LogP) is 2.01. The Bertz CT molecular complexity index is 519. The van der Waals surface area contributed by atoms with E-state index in [4.69, 9.17) is 18.5 Å². The molecule has 1 aromatic rings. The zero-order chi connectivity index (χ0) is 13.9. The zero-order valence-corrected chi connectivity index (χ0v) is 11.6. The van der Waals surface area contributed by atoms with Gasteiger partial charge in [0.15, 0.2) is 11.5 Å². The van der Waals surface area contributed by atoms with Gasteiger partial charge in [0.25, 0.3) is 0 Å². The summed E-state index contributed by atoms with van der Waals surface area (Å²) < 4.78 is 31.7. The fourth-order valence-electron chi connectivity index (χ4n) is 1.75. The Morgan fingerprint density at radius 1 is 1.26 bits per heavy atom. The van der Waals surface area contributed by atoms with E-state index >= 15 is 0 Å². The largest absolute Gasteiger partial charge is 0.454 e. The van der Waals surface area contributed by atoms with Crippen molar-refractivity contribution < 1.29 is 27.9 Å². The minimum Gasteiger partial charge on any atom is -0.454 e. The Balaban J connectivity index is 2.01. The van der Waals surface area contributed by atoms with Gasteiger partial charge in [0.05, 0.1) is 0 Å². The Kier molecular flexibility index (Phi) is 4.24. The van der Waals surface area contributed by atoms with Gasteiger partial charge in [0.2, 0.25) is 6.79 Å². The Labute approximate surface area is 111 Å². The molecule has 0 atom stereocenters. The van der Waals surface area contributed by atoms with Gasteiger partial charge >= 0.3 is 7.60 Å². The molecule has 104 valence electrons. The number of fused-ring (bicyclic) bond motifs is 1. The summed E-state index contributed by atoms with van der Waals surface area (Å²) in [6.45, 7) is 0.190. The van der Waals surface area contributed by atoms with Crippen molar-refractivity contribution in [1.82, 2.24) is 0 Å². The third kappa shape index (κ3) is 3.35. The molecule has 0 saturated carbocycles. The van der Waals surface area contributed by atoms with Crippen LogP contribution in [0.5, 0.6) is 11.5 Å². The molecular formula is C12H15O6P. The Morgan fingerprint density at radius 3 is 2.63 bits per heavy atom. The molecule has 0 N–H and O–H groups in total. The monoisotopic (exact) mass is 286 g/mol. The molecule has 0 unspecified atom stereocenters. The summed E-state index contributed by atoms with van der Waals surface area (Å²) in [5, 5.41) is 0. The topological polar surface area (TPSA) is 71.1 Å². The van der Waals surface area contributed by atoms with Crippen molar-refractivity contribution in [3.63, 3.8) is 0 Å². The second-order valence-corrected chi connectivity index (χ2v) is 6.31. The van der Waals surface area contributed by atoms with Gasteiger partial charge in [-0.05, 0) is 17.7 Å². The van der Waals surface area contributed by atoms with Crippen LogP contribution in [0.3, 0.4) is 0 Å². The van der Waals surface area contributed by atoms with Crippen LogP contribution in [-0.2, 0) is 24.8 Å². The lowest BCUT2D eigenvalue weighted by Crippen LogP contribution is -2.10. The first-order chi connectivity index (χ1) is 9.06. The third-order valence-electron chi connectivity index (χ3n) is 2.76. The van der Waals surface area contributed by atoms with Crippen molar-refractivity contribution in [2.45, 2.75) is 6.42 Å². The van der Waals surface area contributed by atoms with Gasteiger partial charge in [-0.1, -0.05) is 6.07 Å². The number of hydrogen-bond donors (Lipinski definition) is 0. The average molecular weight is 286 g/mol. The number of rotatable bonds is 6. The first kappa shape index (κ1) is 14.1. The van der Waals surface area contributed by atoms with Crippen LogP contribution in [0.4, 0.5) is 0 Å². The van der Waals surface area contributed by atoms with Crippen LogP contribution in [0.25, 0.3) is 0 Å². The fourth-order valence-corrected chi connectivity index (χ4v) is 2.71. The van der Waals surface area contributed by atoms with E-state index in [1.165, 1.54) is 14.2 Å². The first-order valence-electron chi connectivity index (χ1n) is 5.67. The van der Waals surface area contributed by atoms with Crippen LogP contribution >= 0.6 is 7.60 Å². The van der Waals surface area contributed by atoms with Crippen LogP contribution < -0.4 is 9.47 Å². The van der Waals surface area contributed by atoms with Crippen LogP contribution in [0.15, 0.2) is 18.2 Å². The van der Waals surface area contributed by atoms with E-state index in [9.17, 15) is 9.36 Å². The van der Waals surface area contributed by atoms with Crippen LogP contribution in [-0.4, -0.2) is 33.0 Å². The van der Waals surface area contributed by atoms with Crippen molar-refractivity contribution >= 4 is 13.4 Å². The highest BCUT2D eigenvalue weighted by molar-refractivity contribution is 7.54. The lowest BCUT2D eigenvalue weighted by Gasteiger charge is -2.12. The minimum atomic E-state index is -3.30. The van der Waals surface area contributed by atoms with E-state index in [1.807, 2.05) is 0 Å². The summed E-state index contributed by atoms with van der Waals surface area (Å²) in [5.74, 6) is 1.06. The molecule has 1 aliphatic heterocycles. The van der Waals surface area contributed by atoms with E-state index in [2.05, 4.69) is 0 Å². The zero-order valence-electron chi connectivity index (χ0n) is 10.8. The molecule has 1 heterocycles. The van der Waals surface area contributed by atoms with Crippen LogP contribution in [0.2, 0.25) is 0 Å². The van der Waals surface area contributed by atoms with Crippen LogP contribution in [0, 0.1) is 0 Å². The van der Waals surface area contributed by atoms with Crippen molar-refractivity contribution in [3.05, 3.63) is 23.8 Å². The SMILES string of the molecule is COP(=O)(CC(=O)Cc1ccc2c(c1)OCO2)OC. The molecule has 1 aliphatic rings. The maximum absolute atomic E-state index is 11.8. The third-order valence-corrected chi connectivity index (χ3v) is 4.62. The predicted molar refractivity (Wildman–Crippen MR) is 67.8 cm³/mol. The summed E-state index contributed by atoms with van der Waals surface area (Å²) in [7, 11) is -0.772.